The number of rotatable bonds is 2. The summed E-state index contributed by atoms with van der Waals surface area (Å²) in [5.74, 6) is -0.765. The van der Waals surface area contributed by atoms with Gasteiger partial charge in [-0.25, -0.2) is 0 Å². The monoisotopic (exact) mass is 206 g/mol. The Morgan fingerprint density at radius 2 is 1.73 bits per heavy atom. The highest BCUT2D eigenvalue weighted by atomic mass is 16.3. The molecule has 1 atom stereocenters. The molecule has 1 aromatic carbocycles. The fourth-order valence-electron chi connectivity index (χ4n) is 1.29. The molecule has 1 aliphatic heterocycles. The molecule has 0 saturated carbocycles. The predicted molar refractivity (Wildman–Crippen MR) is 52.0 cm³/mol. The van der Waals surface area contributed by atoms with Crippen LogP contribution in [0.15, 0.2) is 24.3 Å². The number of amides is 2. The van der Waals surface area contributed by atoms with Crippen molar-refractivity contribution >= 4 is 11.8 Å². The van der Waals surface area contributed by atoms with Gasteiger partial charge in [-0.3, -0.25) is 9.59 Å². The summed E-state index contributed by atoms with van der Waals surface area (Å²) < 4.78 is 0. The fraction of sp³-hybridized carbons (Fsp3) is 0.200. The van der Waals surface area contributed by atoms with E-state index in [9.17, 15) is 9.59 Å². The van der Waals surface area contributed by atoms with E-state index in [1.165, 1.54) is 29.2 Å². The Kier molecular flexibility index (Phi) is 2.17. The maximum absolute atomic E-state index is 11.5. The van der Waals surface area contributed by atoms with Gasteiger partial charge in [-0.15, -0.1) is 0 Å². The lowest BCUT2D eigenvalue weighted by molar-refractivity contribution is 0.0812. The van der Waals surface area contributed by atoms with Crippen molar-refractivity contribution in [2.45, 2.75) is 6.23 Å². The summed E-state index contributed by atoms with van der Waals surface area (Å²) in [4.78, 5) is 23.6. The van der Waals surface area contributed by atoms with E-state index < -0.39 is 12.1 Å². The fourth-order valence-corrected chi connectivity index (χ4v) is 1.29. The summed E-state index contributed by atoms with van der Waals surface area (Å²) in [6.45, 7) is 0.371. The molecule has 15 heavy (non-hydrogen) atoms. The second-order valence-corrected chi connectivity index (χ2v) is 3.38. The highest BCUT2D eigenvalue weighted by Crippen LogP contribution is 2.18. The number of hydrogen-bond donors (Lipinski definition) is 2. The van der Waals surface area contributed by atoms with E-state index in [2.05, 4.69) is 0 Å². The first-order valence-corrected chi connectivity index (χ1v) is 4.48. The van der Waals surface area contributed by atoms with Crippen molar-refractivity contribution in [2.24, 2.45) is 5.73 Å². The van der Waals surface area contributed by atoms with Gasteiger partial charge in [0.2, 0.25) is 5.91 Å². The lowest BCUT2D eigenvalue weighted by atomic mass is 10.1. The largest absolute Gasteiger partial charge is 0.372 e. The average Bonchev–Trinajstić information content (AvgIpc) is 2.94. The molecule has 3 N–H and O–H groups in total. The SMILES string of the molecule is NC(=O)c1ccc(C(=O)N2CC2O)cc1. The maximum atomic E-state index is 11.5. The van der Waals surface area contributed by atoms with Crippen LogP contribution in [-0.4, -0.2) is 34.6 Å². The molecule has 2 amide bonds. The standard InChI is InChI=1S/C10H10N2O3/c11-9(14)6-1-3-7(4-2-6)10(15)12-5-8(12)13/h1-4,8,13H,5H2,(H2,11,14). The molecule has 0 aliphatic carbocycles. The molecule has 5 nitrogen and oxygen atoms in total. The van der Waals surface area contributed by atoms with Gasteiger partial charge in [0.05, 0.1) is 6.54 Å². The predicted octanol–water partition coefficient (Wildman–Crippen LogP) is -0.440. The van der Waals surface area contributed by atoms with Gasteiger partial charge in [-0.05, 0) is 24.3 Å². The van der Waals surface area contributed by atoms with Gasteiger partial charge in [-0.1, -0.05) is 0 Å². The van der Waals surface area contributed by atoms with Gasteiger partial charge < -0.3 is 15.7 Å². The number of carbonyl (C=O) groups is 2. The minimum absolute atomic E-state index is 0.237. The number of hydrogen-bond acceptors (Lipinski definition) is 3. The van der Waals surface area contributed by atoms with E-state index >= 15 is 0 Å². The third-order valence-corrected chi connectivity index (χ3v) is 2.26. The molecule has 1 aliphatic rings. The Labute approximate surface area is 86.1 Å². The van der Waals surface area contributed by atoms with Crippen LogP contribution >= 0.6 is 0 Å². The molecule has 2 rings (SSSR count). The smallest absolute Gasteiger partial charge is 0.256 e. The van der Waals surface area contributed by atoms with Gasteiger partial charge in [0.15, 0.2) is 0 Å². The Balaban J connectivity index is 2.16. The molecule has 1 fully saturated rings. The van der Waals surface area contributed by atoms with Crippen molar-refractivity contribution in [1.82, 2.24) is 4.90 Å². The summed E-state index contributed by atoms with van der Waals surface area (Å²) in [6, 6.07) is 6.03. The van der Waals surface area contributed by atoms with Crippen LogP contribution in [0, 0.1) is 0 Å². The van der Waals surface area contributed by atoms with Crippen molar-refractivity contribution in [1.29, 1.82) is 0 Å². The molecule has 1 saturated heterocycles. The number of carbonyl (C=O) groups excluding carboxylic acids is 2. The number of benzene rings is 1. The average molecular weight is 206 g/mol. The Morgan fingerprint density at radius 3 is 2.13 bits per heavy atom. The molecular formula is C10H10N2O3. The van der Waals surface area contributed by atoms with E-state index in [0.29, 0.717) is 17.7 Å². The molecule has 78 valence electrons. The number of aliphatic hydroxyl groups excluding tert-OH is 1. The van der Waals surface area contributed by atoms with Crippen LogP contribution in [-0.2, 0) is 0 Å². The molecule has 1 aromatic rings. The Bertz CT molecular complexity index is 413. The van der Waals surface area contributed by atoms with Crippen molar-refractivity contribution in [3.05, 3.63) is 35.4 Å². The summed E-state index contributed by atoms with van der Waals surface area (Å²) in [5.41, 5.74) is 5.86. The van der Waals surface area contributed by atoms with Crippen LogP contribution in [0.5, 0.6) is 0 Å². The van der Waals surface area contributed by atoms with Gasteiger partial charge in [0.1, 0.15) is 6.23 Å². The lowest BCUT2D eigenvalue weighted by Gasteiger charge is -2.02. The first-order chi connectivity index (χ1) is 7.09. The van der Waals surface area contributed by atoms with Crippen LogP contribution in [0.25, 0.3) is 0 Å². The highest BCUT2D eigenvalue weighted by Gasteiger charge is 2.36. The van der Waals surface area contributed by atoms with Crippen LogP contribution in [0.4, 0.5) is 0 Å². The molecule has 5 heteroatoms. The zero-order valence-electron chi connectivity index (χ0n) is 7.88. The van der Waals surface area contributed by atoms with E-state index in [-0.39, 0.29) is 5.91 Å². The zero-order valence-corrected chi connectivity index (χ0v) is 7.88. The van der Waals surface area contributed by atoms with E-state index in [0.717, 1.165) is 0 Å². The summed E-state index contributed by atoms with van der Waals surface area (Å²) in [5, 5.41) is 9.03. The molecule has 0 spiro atoms. The van der Waals surface area contributed by atoms with Crippen LogP contribution in [0.1, 0.15) is 20.7 Å². The molecule has 0 bridgehead atoms. The third kappa shape index (κ3) is 1.82. The number of aliphatic hydroxyl groups is 1. The number of primary amides is 1. The van der Waals surface area contributed by atoms with Crippen molar-refractivity contribution in [2.75, 3.05) is 6.54 Å². The molecule has 0 aromatic heterocycles. The molecule has 0 radical (unpaired) electrons. The van der Waals surface area contributed by atoms with E-state index in [4.69, 9.17) is 10.8 Å². The second kappa shape index (κ2) is 3.36. The van der Waals surface area contributed by atoms with Gasteiger partial charge >= 0.3 is 0 Å². The number of nitrogens with zero attached hydrogens (tertiary/aromatic N) is 1. The lowest BCUT2D eigenvalue weighted by Crippen LogP contribution is -2.15. The van der Waals surface area contributed by atoms with Crippen molar-refractivity contribution < 1.29 is 14.7 Å². The Hall–Kier alpha value is -1.88. The number of nitrogens with two attached hydrogens (primary N) is 1. The zero-order chi connectivity index (χ0) is 11.0. The normalized spacial score (nSPS) is 18.7. The first-order valence-electron chi connectivity index (χ1n) is 4.48. The van der Waals surface area contributed by atoms with Gasteiger partial charge in [0, 0.05) is 11.1 Å². The third-order valence-electron chi connectivity index (χ3n) is 2.26. The van der Waals surface area contributed by atoms with Crippen LogP contribution < -0.4 is 5.73 Å². The maximum Gasteiger partial charge on any atom is 0.256 e. The molecular weight excluding hydrogens is 196 g/mol. The first kappa shape index (κ1) is 9.67. The highest BCUT2D eigenvalue weighted by molar-refractivity contribution is 5.98. The van der Waals surface area contributed by atoms with Gasteiger partial charge in [0.25, 0.3) is 5.91 Å². The second-order valence-electron chi connectivity index (χ2n) is 3.38. The minimum Gasteiger partial charge on any atom is -0.372 e. The minimum atomic E-state index is -0.659. The number of β-amino-alcohol motifs (C(OH)–C–C–N with tert-alkyl or cyclic N) is 1. The topological polar surface area (TPSA) is 83.4 Å². The molecule has 1 unspecified atom stereocenters. The van der Waals surface area contributed by atoms with E-state index in [1.807, 2.05) is 0 Å². The molecule has 1 heterocycles. The van der Waals surface area contributed by atoms with Gasteiger partial charge in [-0.2, -0.15) is 0 Å². The summed E-state index contributed by atoms with van der Waals surface area (Å²) >= 11 is 0. The summed E-state index contributed by atoms with van der Waals surface area (Å²) in [6.07, 6.45) is -0.659. The van der Waals surface area contributed by atoms with E-state index in [1.54, 1.807) is 0 Å². The van der Waals surface area contributed by atoms with Crippen LogP contribution in [0.2, 0.25) is 0 Å². The quantitative estimate of drug-likeness (QED) is 0.643. The van der Waals surface area contributed by atoms with Crippen LogP contribution in [0.3, 0.4) is 0 Å². The van der Waals surface area contributed by atoms with Crippen molar-refractivity contribution in [3.8, 4) is 0 Å². The van der Waals surface area contributed by atoms with Crippen molar-refractivity contribution in [3.63, 3.8) is 0 Å². The summed E-state index contributed by atoms with van der Waals surface area (Å²) in [7, 11) is 0. The Morgan fingerprint density at radius 1 is 1.27 bits per heavy atom.